The van der Waals surface area contributed by atoms with Crippen LogP contribution in [-0.4, -0.2) is 42.7 Å². The molecule has 0 atom stereocenters. The van der Waals surface area contributed by atoms with Gasteiger partial charge < -0.3 is 15.4 Å². The lowest BCUT2D eigenvalue weighted by Gasteiger charge is -2.11. The molecular formula is C11H18F2N4O. The number of alkyl halides is 2. The van der Waals surface area contributed by atoms with Crippen molar-refractivity contribution in [3.8, 4) is 0 Å². The first-order valence-electron chi connectivity index (χ1n) is 5.80. The molecule has 7 heteroatoms. The average Bonchev–Trinajstić information content (AvgIpc) is 2.33. The molecule has 0 aromatic carbocycles. The fourth-order valence-corrected chi connectivity index (χ4v) is 1.39. The summed E-state index contributed by atoms with van der Waals surface area (Å²) in [5.41, 5.74) is 0.896. The topological polar surface area (TPSA) is 59.1 Å². The maximum Gasteiger partial charge on any atom is 0.261 e. The number of ether oxygens (including phenoxy) is 1. The van der Waals surface area contributed by atoms with E-state index in [0.29, 0.717) is 12.4 Å². The summed E-state index contributed by atoms with van der Waals surface area (Å²) in [4.78, 5) is 8.19. The van der Waals surface area contributed by atoms with Crippen molar-refractivity contribution < 1.29 is 13.5 Å². The van der Waals surface area contributed by atoms with E-state index in [1.165, 1.54) is 6.33 Å². The van der Waals surface area contributed by atoms with E-state index in [-0.39, 0.29) is 6.61 Å². The van der Waals surface area contributed by atoms with E-state index in [2.05, 4.69) is 20.6 Å². The zero-order chi connectivity index (χ0) is 13.4. The third-order valence-corrected chi connectivity index (χ3v) is 2.21. The van der Waals surface area contributed by atoms with Crippen LogP contribution in [0, 0.1) is 6.92 Å². The highest BCUT2D eigenvalue weighted by Crippen LogP contribution is 2.17. The highest BCUT2D eigenvalue weighted by atomic mass is 19.3. The SMILES string of the molecule is CCNc1ncnc(NCCOCC(F)F)c1C. The number of aromatic nitrogens is 2. The van der Waals surface area contributed by atoms with Crippen molar-refractivity contribution in [2.24, 2.45) is 0 Å². The van der Waals surface area contributed by atoms with Gasteiger partial charge in [-0.15, -0.1) is 0 Å². The van der Waals surface area contributed by atoms with Crippen LogP contribution in [0.2, 0.25) is 0 Å². The van der Waals surface area contributed by atoms with Crippen LogP contribution in [0.5, 0.6) is 0 Å². The fourth-order valence-electron chi connectivity index (χ4n) is 1.39. The summed E-state index contributed by atoms with van der Waals surface area (Å²) in [6, 6.07) is 0. The Morgan fingerprint density at radius 3 is 2.56 bits per heavy atom. The lowest BCUT2D eigenvalue weighted by Crippen LogP contribution is -2.15. The highest BCUT2D eigenvalue weighted by molar-refractivity contribution is 5.56. The van der Waals surface area contributed by atoms with Gasteiger partial charge in [0.15, 0.2) is 0 Å². The zero-order valence-electron chi connectivity index (χ0n) is 10.5. The molecule has 2 N–H and O–H groups in total. The molecule has 1 aromatic heterocycles. The van der Waals surface area contributed by atoms with E-state index in [1.807, 2.05) is 13.8 Å². The van der Waals surface area contributed by atoms with Crippen molar-refractivity contribution in [1.29, 1.82) is 0 Å². The monoisotopic (exact) mass is 260 g/mol. The highest BCUT2D eigenvalue weighted by Gasteiger charge is 2.06. The molecule has 1 heterocycles. The molecule has 0 spiro atoms. The second kappa shape index (κ2) is 7.75. The van der Waals surface area contributed by atoms with Gasteiger partial charge in [-0.3, -0.25) is 0 Å². The minimum Gasteiger partial charge on any atom is -0.374 e. The summed E-state index contributed by atoms with van der Waals surface area (Å²) < 4.78 is 28.4. The molecular weight excluding hydrogens is 242 g/mol. The van der Waals surface area contributed by atoms with E-state index in [0.717, 1.165) is 17.9 Å². The van der Waals surface area contributed by atoms with Gasteiger partial charge in [0.05, 0.1) is 6.61 Å². The predicted molar refractivity (Wildman–Crippen MR) is 66.2 cm³/mol. The van der Waals surface area contributed by atoms with E-state index in [4.69, 9.17) is 4.74 Å². The quantitative estimate of drug-likeness (QED) is 0.699. The minimum absolute atomic E-state index is 0.213. The Kier molecular flexibility index (Phi) is 6.27. The number of nitrogens with one attached hydrogen (secondary N) is 2. The smallest absolute Gasteiger partial charge is 0.261 e. The molecule has 0 unspecified atom stereocenters. The summed E-state index contributed by atoms with van der Waals surface area (Å²) in [5, 5.41) is 6.14. The molecule has 0 aliphatic carbocycles. The maximum absolute atomic E-state index is 11.8. The van der Waals surface area contributed by atoms with Gasteiger partial charge in [-0.05, 0) is 13.8 Å². The summed E-state index contributed by atoms with van der Waals surface area (Å²) >= 11 is 0. The van der Waals surface area contributed by atoms with Crippen molar-refractivity contribution in [3.05, 3.63) is 11.9 Å². The number of rotatable bonds is 8. The van der Waals surface area contributed by atoms with Crippen molar-refractivity contribution >= 4 is 11.6 Å². The van der Waals surface area contributed by atoms with Crippen molar-refractivity contribution in [2.75, 3.05) is 36.9 Å². The predicted octanol–water partition coefficient (Wildman–Crippen LogP) is 1.91. The Labute approximate surface area is 105 Å². The second-order valence-electron chi connectivity index (χ2n) is 3.62. The lowest BCUT2D eigenvalue weighted by atomic mass is 10.3. The molecule has 0 fully saturated rings. The second-order valence-corrected chi connectivity index (χ2v) is 3.62. The zero-order valence-corrected chi connectivity index (χ0v) is 10.5. The van der Waals surface area contributed by atoms with Crippen molar-refractivity contribution in [1.82, 2.24) is 9.97 Å². The number of nitrogens with zero attached hydrogens (tertiary/aromatic N) is 2. The van der Waals surface area contributed by atoms with Gasteiger partial charge in [0.2, 0.25) is 0 Å². The van der Waals surface area contributed by atoms with E-state index in [9.17, 15) is 8.78 Å². The summed E-state index contributed by atoms with van der Waals surface area (Å²) in [6.07, 6.45) is -0.973. The molecule has 0 bridgehead atoms. The Balaban J connectivity index is 2.40. The van der Waals surface area contributed by atoms with Crippen molar-refractivity contribution in [3.63, 3.8) is 0 Å². The van der Waals surface area contributed by atoms with Crippen LogP contribution in [0.4, 0.5) is 20.4 Å². The first-order chi connectivity index (χ1) is 8.65. The molecule has 102 valence electrons. The molecule has 5 nitrogen and oxygen atoms in total. The summed E-state index contributed by atoms with van der Waals surface area (Å²) in [7, 11) is 0. The normalized spacial score (nSPS) is 10.7. The van der Waals surface area contributed by atoms with Gasteiger partial charge in [-0.1, -0.05) is 0 Å². The minimum atomic E-state index is -2.42. The molecule has 1 rings (SSSR count). The van der Waals surface area contributed by atoms with Gasteiger partial charge in [0.1, 0.15) is 24.6 Å². The molecule has 1 aromatic rings. The van der Waals surface area contributed by atoms with Gasteiger partial charge >= 0.3 is 0 Å². The standard InChI is InChI=1S/C11H18F2N4O/c1-3-14-10-8(2)11(17-7-16-10)15-4-5-18-6-9(12)13/h7,9H,3-6H2,1-2H3,(H2,14,15,16,17). The Morgan fingerprint density at radius 1 is 1.28 bits per heavy atom. The number of halogens is 2. The van der Waals surface area contributed by atoms with Gasteiger partial charge in [-0.25, -0.2) is 18.7 Å². The van der Waals surface area contributed by atoms with Crippen LogP contribution in [0.15, 0.2) is 6.33 Å². The van der Waals surface area contributed by atoms with Crippen LogP contribution in [0.3, 0.4) is 0 Å². The number of hydrogen-bond acceptors (Lipinski definition) is 5. The largest absolute Gasteiger partial charge is 0.374 e. The van der Waals surface area contributed by atoms with Gasteiger partial charge in [-0.2, -0.15) is 0 Å². The first kappa shape index (κ1) is 14.6. The number of anilines is 2. The third-order valence-electron chi connectivity index (χ3n) is 2.21. The van der Waals surface area contributed by atoms with E-state index >= 15 is 0 Å². The molecule has 0 saturated carbocycles. The summed E-state index contributed by atoms with van der Waals surface area (Å²) in [6.45, 7) is 4.75. The average molecular weight is 260 g/mol. The molecule has 18 heavy (non-hydrogen) atoms. The lowest BCUT2D eigenvalue weighted by molar-refractivity contribution is 0.0214. The maximum atomic E-state index is 11.8. The third kappa shape index (κ3) is 4.79. The van der Waals surface area contributed by atoms with E-state index in [1.54, 1.807) is 0 Å². The first-order valence-corrected chi connectivity index (χ1v) is 5.80. The van der Waals surface area contributed by atoms with Crippen molar-refractivity contribution in [2.45, 2.75) is 20.3 Å². The van der Waals surface area contributed by atoms with Crippen LogP contribution < -0.4 is 10.6 Å². The Morgan fingerprint density at radius 2 is 1.94 bits per heavy atom. The number of hydrogen-bond donors (Lipinski definition) is 2. The van der Waals surface area contributed by atoms with Crippen LogP contribution in [0.1, 0.15) is 12.5 Å². The fraction of sp³-hybridized carbons (Fsp3) is 0.636. The molecule has 0 saturated heterocycles. The molecule has 0 aliphatic heterocycles. The Hall–Kier alpha value is -1.50. The van der Waals surface area contributed by atoms with Gasteiger partial charge in [0, 0.05) is 18.7 Å². The van der Waals surface area contributed by atoms with Crippen LogP contribution in [-0.2, 0) is 4.74 Å². The summed E-state index contributed by atoms with van der Waals surface area (Å²) in [5.74, 6) is 1.45. The van der Waals surface area contributed by atoms with Crippen LogP contribution >= 0.6 is 0 Å². The van der Waals surface area contributed by atoms with E-state index < -0.39 is 13.0 Å². The molecule has 0 aliphatic rings. The van der Waals surface area contributed by atoms with Gasteiger partial charge in [0.25, 0.3) is 6.43 Å². The molecule has 0 amide bonds. The Bertz CT molecular complexity index is 363. The van der Waals surface area contributed by atoms with Crippen LogP contribution in [0.25, 0.3) is 0 Å². The molecule has 0 radical (unpaired) electrons.